The van der Waals surface area contributed by atoms with Crippen molar-refractivity contribution in [3.05, 3.63) is 12.7 Å². The average molecular weight is 172 g/mol. The van der Waals surface area contributed by atoms with E-state index in [0.29, 0.717) is 26.2 Å². The van der Waals surface area contributed by atoms with Gasteiger partial charge in [0.05, 0.1) is 19.8 Å². The lowest BCUT2D eigenvalue weighted by Crippen LogP contribution is -2.31. The Bertz CT molecular complexity index is 166. The van der Waals surface area contributed by atoms with Gasteiger partial charge >= 0.3 is 6.16 Å². The Morgan fingerprint density at radius 1 is 1.75 bits per heavy atom. The molecule has 12 heavy (non-hydrogen) atoms. The van der Waals surface area contributed by atoms with Crippen LogP contribution in [0.15, 0.2) is 12.7 Å². The van der Waals surface area contributed by atoms with E-state index in [9.17, 15) is 4.79 Å². The molecule has 0 saturated carbocycles. The summed E-state index contributed by atoms with van der Waals surface area (Å²) in [5.41, 5.74) is 0. The third kappa shape index (κ3) is 2.92. The fourth-order valence-electron chi connectivity index (χ4n) is 0.903. The van der Waals surface area contributed by atoms with E-state index in [0.717, 1.165) is 0 Å². The lowest BCUT2D eigenvalue weighted by molar-refractivity contribution is -0.0519. The van der Waals surface area contributed by atoms with E-state index in [1.807, 2.05) is 0 Å². The van der Waals surface area contributed by atoms with Gasteiger partial charge in [-0.1, -0.05) is 6.08 Å². The summed E-state index contributed by atoms with van der Waals surface area (Å²) in [7, 11) is 0. The van der Waals surface area contributed by atoms with Crippen LogP contribution in [0, 0.1) is 0 Å². The number of ether oxygens (including phenoxy) is 3. The molecule has 0 aromatic rings. The number of rotatable bonds is 4. The fraction of sp³-hybridized carbons (Fsp3) is 0.625. The molecule has 0 aromatic carbocycles. The van der Waals surface area contributed by atoms with Crippen LogP contribution in [-0.2, 0) is 14.2 Å². The predicted octanol–water partition coefficient (Wildman–Crippen LogP) is 1.11. The maximum absolute atomic E-state index is 10.6. The fourth-order valence-corrected chi connectivity index (χ4v) is 0.903. The zero-order chi connectivity index (χ0) is 8.81. The first-order valence-electron chi connectivity index (χ1n) is 3.85. The first-order chi connectivity index (χ1) is 5.83. The van der Waals surface area contributed by atoms with Gasteiger partial charge in [0.2, 0.25) is 0 Å². The van der Waals surface area contributed by atoms with Gasteiger partial charge in [0.15, 0.2) is 0 Å². The molecule has 1 rings (SSSR count). The molecule has 0 bridgehead atoms. The van der Waals surface area contributed by atoms with E-state index in [4.69, 9.17) is 9.47 Å². The Kier molecular flexibility index (Phi) is 3.60. The van der Waals surface area contributed by atoms with Gasteiger partial charge in [-0.05, 0) is 0 Å². The van der Waals surface area contributed by atoms with E-state index < -0.39 is 6.16 Å². The molecule has 0 aliphatic carbocycles. The molecular formula is C8H12O4. The quantitative estimate of drug-likeness (QED) is 0.362. The third-order valence-electron chi connectivity index (χ3n) is 1.46. The van der Waals surface area contributed by atoms with Crippen molar-refractivity contribution in [1.29, 1.82) is 0 Å². The Hall–Kier alpha value is -1.03. The van der Waals surface area contributed by atoms with Crippen molar-refractivity contribution in [3.63, 3.8) is 0 Å². The van der Waals surface area contributed by atoms with Gasteiger partial charge in [-0.15, -0.1) is 6.58 Å². The Balaban J connectivity index is 2.14. The largest absolute Gasteiger partial charge is 0.508 e. The van der Waals surface area contributed by atoms with Crippen LogP contribution in [-0.4, -0.2) is 32.1 Å². The van der Waals surface area contributed by atoms with E-state index in [1.165, 1.54) is 0 Å². The van der Waals surface area contributed by atoms with Crippen LogP contribution in [0.1, 0.15) is 6.42 Å². The van der Waals surface area contributed by atoms with Crippen molar-refractivity contribution in [2.75, 3.05) is 19.8 Å². The van der Waals surface area contributed by atoms with Crippen LogP contribution >= 0.6 is 0 Å². The maximum Gasteiger partial charge on any atom is 0.508 e. The van der Waals surface area contributed by atoms with E-state index in [2.05, 4.69) is 11.3 Å². The highest BCUT2D eigenvalue weighted by atomic mass is 16.7. The van der Waals surface area contributed by atoms with Gasteiger partial charge in [0.25, 0.3) is 0 Å². The second-order valence-corrected chi connectivity index (χ2v) is 2.45. The molecule has 0 radical (unpaired) electrons. The lowest BCUT2D eigenvalue weighted by atomic mass is 10.3. The molecule has 68 valence electrons. The van der Waals surface area contributed by atoms with Crippen LogP contribution < -0.4 is 0 Å². The smallest absolute Gasteiger partial charge is 0.434 e. The molecule has 1 saturated heterocycles. The van der Waals surface area contributed by atoms with Crippen LogP contribution in [0.4, 0.5) is 4.79 Å². The molecule has 1 heterocycles. The molecule has 0 spiro atoms. The van der Waals surface area contributed by atoms with Crippen molar-refractivity contribution in [3.8, 4) is 0 Å². The van der Waals surface area contributed by atoms with E-state index >= 15 is 0 Å². The van der Waals surface area contributed by atoms with Crippen molar-refractivity contribution in [1.82, 2.24) is 0 Å². The minimum absolute atomic E-state index is 0.161. The number of cyclic esters (lactones) is 2. The SMILES string of the molecule is C=CCOCC1CCOC(=O)O1. The highest BCUT2D eigenvalue weighted by Crippen LogP contribution is 2.08. The normalized spacial score (nSPS) is 22.7. The van der Waals surface area contributed by atoms with Gasteiger partial charge < -0.3 is 14.2 Å². The van der Waals surface area contributed by atoms with E-state index in [-0.39, 0.29) is 6.10 Å². The van der Waals surface area contributed by atoms with Crippen molar-refractivity contribution >= 4 is 6.16 Å². The Morgan fingerprint density at radius 3 is 3.25 bits per heavy atom. The molecule has 0 N–H and O–H groups in total. The van der Waals surface area contributed by atoms with Crippen LogP contribution in [0.2, 0.25) is 0 Å². The third-order valence-corrected chi connectivity index (χ3v) is 1.46. The van der Waals surface area contributed by atoms with Gasteiger partial charge in [-0.3, -0.25) is 0 Å². The first kappa shape index (κ1) is 9.06. The van der Waals surface area contributed by atoms with Gasteiger partial charge in [-0.25, -0.2) is 4.79 Å². The van der Waals surface area contributed by atoms with Crippen molar-refractivity contribution in [2.45, 2.75) is 12.5 Å². The minimum Gasteiger partial charge on any atom is -0.434 e. The predicted molar refractivity (Wildman–Crippen MR) is 41.9 cm³/mol. The highest BCUT2D eigenvalue weighted by molar-refractivity contribution is 5.60. The van der Waals surface area contributed by atoms with Crippen LogP contribution in [0.5, 0.6) is 0 Å². The maximum atomic E-state index is 10.6. The van der Waals surface area contributed by atoms with Gasteiger partial charge in [0, 0.05) is 6.42 Å². The topological polar surface area (TPSA) is 44.8 Å². The molecular weight excluding hydrogens is 160 g/mol. The zero-order valence-electron chi connectivity index (χ0n) is 6.82. The summed E-state index contributed by atoms with van der Waals surface area (Å²) in [5.74, 6) is 0. The van der Waals surface area contributed by atoms with Crippen molar-refractivity contribution < 1.29 is 19.0 Å². The molecule has 0 amide bonds. The number of carbonyl (C=O) groups is 1. The summed E-state index contributed by atoms with van der Waals surface area (Å²) in [6.45, 7) is 4.82. The minimum atomic E-state index is -0.603. The number of carbonyl (C=O) groups excluding carboxylic acids is 1. The molecule has 1 fully saturated rings. The number of hydrogen-bond acceptors (Lipinski definition) is 4. The highest BCUT2D eigenvalue weighted by Gasteiger charge is 2.21. The Morgan fingerprint density at radius 2 is 2.58 bits per heavy atom. The second kappa shape index (κ2) is 4.77. The monoisotopic (exact) mass is 172 g/mol. The summed E-state index contributed by atoms with van der Waals surface area (Å²) in [4.78, 5) is 10.6. The van der Waals surface area contributed by atoms with Gasteiger partial charge in [0.1, 0.15) is 6.10 Å². The summed E-state index contributed by atoms with van der Waals surface area (Å²) in [5, 5.41) is 0. The average Bonchev–Trinajstić information content (AvgIpc) is 2.05. The second-order valence-electron chi connectivity index (χ2n) is 2.45. The molecule has 1 atom stereocenters. The number of hydrogen-bond donors (Lipinski definition) is 0. The molecule has 4 heteroatoms. The Labute approximate surface area is 71.1 Å². The van der Waals surface area contributed by atoms with Gasteiger partial charge in [-0.2, -0.15) is 0 Å². The summed E-state index contributed by atoms with van der Waals surface area (Å²) in [6.07, 6.45) is 1.59. The standard InChI is InChI=1S/C8H12O4/c1-2-4-10-6-7-3-5-11-8(9)12-7/h2,7H,1,3-6H2. The summed E-state index contributed by atoms with van der Waals surface area (Å²) in [6, 6.07) is 0. The van der Waals surface area contributed by atoms with Crippen LogP contribution in [0.3, 0.4) is 0 Å². The van der Waals surface area contributed by atoms with E-state index in [1.54, 1.807) is 6.08 Å². The van der Waals surface area contributed by atoms with Crippen molar-refractivity contribution in [2.24, 2.45) is 0 Å². The molecule has 0 aromatic heterocycles. The molecule has 1 aliphatic rings. The molecule has 1 aliphatic heterocycles. The molecule has 4 nitrogen and oxygen atoms in total. The summed E-state index contributed by atoms with van der Waals surface area (Å²) >= 11 is 0. The summed E-state index contributed by atoms with van der Waals surface area (Å²) < 4.78 is 14.5. The molecule has 1 unspecified atom stereocenters. The first-order valence-corrected chi connectivity index (χ1v) is 3.85. The zero-order valence-corrected chi connectivity index (χ0v) is 6.82. The lowest BCUT2D eigenvalue weighted by Gasteiger charge is -2.21. The van der Waals surface area contributed by atoms with Crippen LogP contribution in [0.25, 0.3) is 0 Å².